The van der Waals surface area contributed by atoms with Gasteiger partial charge in [0.15, 0.2) is 0 Å². The summed E-state index contributed by atoms with van der Waals surface area (Å²) in [6, 6.07) is -0.218. The maximum Gasteiger partial charge on any atom is 0.410 e. The Balaban J connectivity index is 2.67. The number of alkyl halides is 1. The third-order valence-electron chi connectivity index (χ3n) is 2.22. The minimum absolute atomic E-state index is 0.108. The predicted octanol–water partition coefficient (Wildman–Crippen LogP) is 3.24. The highest BCUT2D eigenvalue weighted by Crippen LogP contribution is 2.24. The molecule has 0 aromatic carbocycles. The average molecular weight is 294 g/mol. The maximum atomic E-state index is 13.2. The molecule has 0 aliphatic carbocycles. The monoisotopic (exact) mass is 293 g/mol. The van der Waals surface area contributed by atoms with E-state index in [0.717, 1.165) is 0 Å². The Hall–Kier alpha value is -0.580. The summed E-state index contributed by atoms with van der Waals surface area (Å²) in [5.74, 6) is 0. The second kappa shape index (κ2) is 5.17. The second-order valence-corrected chi connectivity index (χ2v) is 5.38. The zero-order valence-corrected chi connectivity index (χ0v) is 11.3. The highest BCUT2D eigenvalue weighted by atomic mass is 79.9. The molecule has 0 aromatic rings. The van der Waals surface area contributed by atoms with Gasteiger partial charge in [0.2, 0.25) is 0 Å². The van der Waals surface area contributed by atoms with E-state index in [2.05, 4.69) is 15.9 Å². The predicted molar refractivity (Wildman–Crippen MR) is 64.3 cm³/mol. The zero-order chi connectivity index (χ0) is 12.3. The van der Waals surface area contributed by atoms with Crippen LogP contribution < -0.4 is 0 Å². The molecule has 1 amide bonds. The maximum absolute atomic E-state index is 13.2. The van der Waals surface area contributed by atoms with E-state index in [9.17, 15) is 9.18 Å². The van der Waals surface area contributed by atoms with Crippen molar-refractivity contribution in [2.24, 2.45) is 0 Å². The smallest absolute Gasteiger partial charge is 0.410 e. The minimum atomic E-state index is -0.971. The van der Waals surface area contributed by atoms with E-state index in [1.165, 1.54) is 4.90 Å². The van der Waals surface area contributed by atoms with E-state index in [4.69, 9.17) is 4.74 Å². The summed E-state index contributed by atoms with van der Waals surface area (Å²) in [6.07, 6.45) is 0.662. The fourth-order valence-corrected chi connectivity index (χ4v) is 1.96. The third-order valence-corrected chi connectivity index (χ3v) is 2.52. The van der Waals surface area contributed by atoms with Gasteiger partial charge < -0.3 is 4.74 Å². The van der Waals surface area contributed by atoms with E-state index in [-0.39, 0.29) is 12.6 Å². The molecular weight excluding hydrogens is 277 g/mol. The van der Waals surface area contributed by atoms with Crippen LogP contribution in [0.3, 0.4) is 0 Å². The largest absolute Gasteiger partial charge is 0.444 e. The quantitative estimate of drug-likeness (QED) is 0.743. The lowest BCUT2D eigenvalue weighted by Gasteiger charge is -2.27. The Bertz CT molecular complexity index is 288. The van der Waals surface area contributed by atoms with Crippen LogP contribution in [0.5, 0.6) is 0 Å². The number of halogens is 2. The van der Waals surface area contributed by atoms with Crippen molar-refractivity contribution in [3.63, 3.8) is 0 Å². The summed E-state index contributed by atoms with van der Waals surface area (Å²) in [7, 11) is 0. The SMILES string of the molecule is CC(C)(C)OC(=O)N1C[C@@H](F)CC1/C=C/Br. The van der Waals surface area contributed by atoms with Crippen molar-refractivity contribution < 1.29 is 13.9 Å². The highest BCUT2D eigenvalue weighted by molar-refractivity contribution is 9.11. The van der Waals surface area contributed by atoms with Gasteiger partial charge >= 0.3 is 6.09 Å². The van der Waals surface area contributed by atoms with Crippen LogP contribution in [0.4, 0.5) is 9.18 Å². The summed E-state index contributed by atoms with van der Waals surface area (Å²) >= 11 is 3.14. The van der Waals surface area contributed by atoms with Gasteiger partial charge in [-0.2, -0.15) is 0 Å². The summed E-state index contributed by atoms with van der Waals surface area (Å²) in [4.78, 5) is 14.8. The van der Waals surface area contributed by atoms with Gasteiger partial charge in [0.1, 0.15) is 11.8 Å². The zero-order valence-electron chi connectivity index (χ0n) is 9.74. The molecule has 1 unspecified atom stereocenters. The molecule has 1 aliphatic heterocycles. The number of amides is 1. The van der Waals surface area contributed by atoms with Gasteiger partial charge in [0.25, 0.3) is 0 Å². The van der Waals surface area contributed by atoms with Crippen molar-refractivity contribution in [3.8, 4) is 0 Å². The number of likely N-dealkylation sites (tertiary alicyclic amines) is 1. The molecule has 3 nitrogen and oxygen atoms in total. The number of hydrogen-bond acceptors (Lipinski definition) is 2. The van der Waals surface area contributed by atoms with Gasteiger partial charge in [0.05, 0.1) is 12.6 Å². The first-order valence-corrected chi connectivity index (χ1v) is 6.15. The molecule has 1 saturated heterocycles. The molecule has 0 saturated carbocycles. The molecule has 0 bridgehead atoms. The molecule has 0 radical (unpaired) electrons. The Morgan fingerprint density at radius 1 is 1.56 bits per heavy atom. The summed E-state index contributed by atoms with van der Waals surface area (Å²) in [5, 5.41) is 0. The molecule has 5 heteroatoms. The number of carbonyl (C=O) groups excluding carboxylic acids is 1. The fraction of sp³-hybridized carbons (Fsp3) is 0.727. The molecule has 1 fully saturated rings. The Morgan fingerprint density at radius 3 is 2.69 bits per heavy atom. The van der Waals surface area contributed by atoms with E-state index in [1.807, 2.05) is 0 Å². The van der Waals surface area contributed by atoms with Crippen LogP contribution in [0.25, 0.3) is 0 Å². The number of ether oxygens (including phenoxy) is 1. The van der Waals surface area contributed by atoms with Gasteiger partial charge in [0, 0.05) is 6.42 Å². The van der Waals surface area contributed by atoms with Gasteiger partial charge in [-0.05, 0) is 25.8 Å². The van der Waals surface area contributed by atoms with Crippen LogP contribution in [0.15, 0.2) is 11.1 Å². The van der Waals surface area contributed by atoms with Gasteiger partial charge in [-0.15, -0.1) is 0 Å². The lowest BCUT2D eigenvalue weighted by Crippen LogP contribution is -2.39. The Morgan fingerprint density at radius 2 is 2.19 bits per heavy atom. The molecule has 92 valence electrons. The molecule has 16 heavy (non-hydrogen) atoms. The Labute approximate surface area is 104 Å². The van der Waals surface area contributed by atoms with Crippen molar-refractivity contribution in [3.05, 3.63) is 11.1 Å². The van der Waals surface area contributed by atoms with Crippen molar-refractivity contribution in [2.75, 3.05) is 6.54 Å². The van der Waals surface area contributed by atoms with Crippen molar-refractivity contribution in [1.82, 2.24) is 4.90 Å². The molecule has 0 spiro atoms. The first kappa shape index (κ1) is 13.5. The van der Waals surface area contributed by atoms with Crippen LogP contribution >= 0.6 is 15.9 Å². The Kier molecular flexibility index (Phi) is 4.35. The van der Waals surface area contributed by atoms with E-state index in [0.29, 0.717) is 6.42 Å². The normalized spacial score (nSPS) is 26.4. The summed E-state index contributed by atoms with van der Waals surface area (Å²) < 4.78 is 18.5. The van der Waals surface area contributed by atoms with Crippen LogP contribution in [0, 0.1) is 0 Å². The standard InChI is InChI=1S/C11H17BrFNO2/c1-11(2,3)16-10(15)14-7-8(13)6-9(14)4-5-12/h4-5,8-9H,6-7H2,1-3H3/b5-4+/t8-,9?/m0/s1. The number of nitrogens with zero attached hydrogens (tertiary/aromatic N) is 1. The summed E-state index contributed by atoms with van der Waals surface area (Å²) in [6.45, 7) is 5.49. The molecule has 2 atom stereocenters. The summed E-state index contributed by atoms with van der Waals surface area (Å²) in [5.41, 5.74) is -0.547. The topological polar surface area (TPSA) is 29.5 Å². The number of carbonyl (C=O) groups is 1. The van der Waals surface area contributed by atoms with Crippen molar-refractivity contribution in [1.29, 1.82) is 0 Å². The van der Waals surface area contributed by atoms with Crippen LogP contribution in [-0.4, -0.2) is 35.4 Å². The van der Waals surface area contributed by atoms with Gasteiger partial charge in [-0.1, -0.05) is 22.0 Å². The van der Waals surface area contributed by atoms with Crippen molar-refractivity contribution in [2.45, 2.75) is 45.0 Å². The molecular formula is C11H17BrFNO2. The van der Waals surface area contributed by atoms with E-state index >= 15 is 0 Å². The molecule has 0 aromatic heterocycles. The van der Waals surface area contributed by atoms with Crippen LogP contribution in [0.1, 0.15) is 27.2 Å². The lowest BCUT2D eigenvalue weighted by molar-refractivity contribution is 0.0247. The number of rotatable bonds is 1. The molecule has 1 heterocycles. The lowest BCUT2D eigenvalue weighted by atomic mass is 10.2. The molecule has 1 aliphatic rings. The van der Waals surface area contributed by atoms with E-state index in [1.54, 1.807) is 31.8 Å². The van der Waals surface area contributed by atoms with E-state index < -0.39 is 17.9 Å². The van der Waals surface area contributed by atoms with Gasteiger partial charge in [-0.3, -0.25) is 4.90 Å². The minimum Gasteiger partial charge on any atom is -0.444 e. The molecule has 0 N–H and O–H groups in total. The fourth-order valence-electron chi connectivity index (χ4n) is 1.61. The van der Waals surface area contributed by atoms with Crippen LogP contribution in [0.2, 0.25) is 0 Å². The first-order chi connectivity index (χ1) is 7.33. The number of hydrogen-bond donors (Lipinski definition) is 0. The highest BCUT2D eigenvalue weighted by Gasteiger charge is 2.36. The van der Waals surface area contributed by atoms with Crippen molar-refractivity contribution >= 4 is 22.0 Å². The second-order valence-electron chi connectivity index (χ2n) is 4.85. The van der Waals surface area contributed by atoms with Crippen LogP contribution in [-0.2, 0) is 4.74 Å². The molecule has 1 rings (SSSR count). The van der Waals surface area contributed by atoms with Gasteiger partial charge in [-0.25, -0.2) is 9.18 Å². The third kappa shape index (κ3) is 3.77. The first-order valence-electron chi connectivity index (χ1n) is 5.24. The average Bonchev–Trinajstić information content (AvgIpc) is 2.44.